The van der Waals surface area contributed by atoms with Gasteiger partial charge in [-0.3, -0.25) is 4.79 Å². The fourth-order valence-electron chi connectivity index (χ4n) is 4.90. The maximum atomic E-state index is 12.8. The molecule has 0 bridgehead atoms. The largest absolute Gasteiger partial charge is 0.486 e. The van der Waals surface area contributed by atoms with Crippen LogP contribution >= 0.6 is 0 Å². The minimum absolute atomic E-state index is 0.0718. The number of aromatic amines is 1. The quantitative estimate of drug-likeness (QED) is 0.283. The van der Waals surface area contributed by atoms with E-state index in [-0.39, 0.29) is 17.9 Å². The van der Waals surface area contributed by atoms with Crippen LogP contribution in [0.4, 0.5) is 0 Å². The van der Waals surface area contributed by atoms with E-state index in [4.69, 9.17) is 18.6 Å². The van der Waals surface area contributed by atoms with Gasteiger partial charge in [0.1, 0.15) is 29.6 Å². The number of tetrazole rings is 1. The molecule has 6 rings (SSSR count). The monoisotopic (exact) mass is 512 g/mol. The van der Waals surface area contributed by atoms with Crippen LogP contribution in [0.5, 0.6) is 5.75 Å². The van der Waals surface area contributed by atoms with E-state index in [1.54, 1.807) is 24.5 Å². The van der Waals surface area contributed by atoms with Crippen molar-refractivity contribution in [1.29, 1.82) is 0 Å². The Hall–Kier alpha value is -4.47. The summed E-state index contributed by atoms with van der Waals surface area (Å²) in [6.07, 6.45) is 11.7. The van der Waals surface area contributed by atoms with Crippen LogP contribution in [0.3, 0.4) is 0 Å². The second-order valence-electron chi connectivity index (χ2n) is 9.96. The number of nitrogens with one attached hydrogen (secondary N) is 1. The van der Waals surface area contributed by atoms with E-state index in [2.05, 4.69) is 39.7 Å². The number of fused-ring (bicyclic) bond motifs is 1. The minimum Gasteiger partial charge on any atom is -0.486 e. The van der Waals surface area contributed by atoms with Crippen molar-refractivity contribution in [1.82, 2.24) is 30.5 Å². The van der Waals surface area contributed by atoms with Crippen molar-refractivity contribution in [3.05, 3.63) is 83.0 Å². The zero-order valence-electron chi connectivity index (χ0n) is 21.3. The maximum absolute atomic E-state index is 12.8. The summed E-state index contributed by atoms with van der Waals surface area (Å²) in [7, 11) is 0. The number of H-pyrrole nitrogens is 1. The van der Waals surface area contributed by atoms with Gasteiger partial charge in [0.25, 0.3) is 0 Å². The lowest BCUT2D eigenvalue weighted by atomic mass is 9.88. The molecule has 0 saturated carbocycles. The zero-order valence-corrected chi connectivity index (χ0v) is 21.3. The summed E-state index contributed by atoms with van der Waals surface area (Å²) in [5.74, 6) is 3.10. The molecule has 2 aliphatic rings. The van der Waals surface area contributed by atoms with Gasteiger partial charge in [-0.2, -0.15) is 5.21 Å². The Morgan fingerprint density at radius 3 is 2.89 bits per heavy atom. The molecule has 4 heterocycles. The van der Waals surface area contributed by atoms with Gasteiger partial charge in [-0.1, -0.05) is 19.1 Å². The molecule has 0 unspecified atom stereocenters. The van der Waals surface area contributed by atoms with Crippen LogP contribution in [0.2, 0.25) is 0 Å². The van der Waals surface area contributed by atoms with Crippen molar-refractivity contribution in [2.45, 2.75) is 51.7 Å². The van der Waals surface area contributed by atoms with Gasteiger partial charge in [0.15, 0.2) is 0 Å². The molecular weight excluding hydrogens is 484 g/mol. The zero-order chi connectivity index (χ0) is 26.1. The van der Waals surface area contributed by atoms with E-state index >= 15 is 0 Å². The van der Waals surface area contributed by atoms with Crippen molar-refractivity contribution >= 4 is 12.0 Å². The fraction of sp³-hybridized carbons (Fsp3) is 0.321. The number of aromatic nitrogens is 5. The molecule has 4 aromatic rings. The first kappa shape index (κ1) is 23.9. The molecule has 3 aromatic heterocycles. The molecule has 1 aliphatic carbocycles. The lowest BCUT2D eigenvalue weighted by Gasteiger charge is -2.29. The highest BCUT2D eigenvalue weighted by Gasteiger charge is 2.33. The Kier molecular flexibility index (Phi) is 6.15. The Morgan fingerprint density at radius 2 is 2.13 bits per heavy atom. The van der Waals surface area contributed by atoms with E-state index in [9.17, 15) is 4.79 Å². The number of amides is 1. The summed E-state index contributed by atoms with van der Waals surface area (Å²) in [5.41, 5.74) is 3.51. The molecule has 0 spiro atoms. The van der Waals surface area contributed by atoms with Gasteiger partial charge in [-0.15, -0.1) is 10.2 Å². The van der Waals surface area contributed by atoms with Crippen LogP contribution in [0.1, 0.15) is 54.0 Å². The van der Waals surface area contributed by atoms with Crippen molar-refractivity contribution in [3.63, 3.8) is 0 Å². The van der Waals surface area contributed by atoms with Crippen LogP contribution < -0.4 is 4.74 Å². The van der Waals surface area contributed by atoms with Crippen LogP contribution in [0, 0.1) is 6.92 Å². The van der Waals surface area contributed by atoms with Crippen LogP contribution in [-0.4, -0.2) is 43.0 Å². The smallest absolute Gasteiger partial charge is 0.246 e. The number of ether oxygens (including phenoxy) is 1. The molecular formula is C28H28N6O4. The predicted octanol–water partition coefficient (Wildman–Crippen LogP) is 4.54. The summed E-state index contributed by atoms with van der Waals surface area (Å²) in [5, 5.41) is 14.6. The molecule has 0 atom stereocenters. The Morgan fingerprint density at radius 1 is 1.26 bits per heavy atom. The average Bonchev–Trinajstić information content (AvgIpc) is 3.74. The molecule has 0 radical (unpaired) electrons. The average molecular weight is 513 g/mol. The number of rotatable bonds is 7. The third-order valence-corrected chi connectivity index (χ3v) is 7.22. The number of nitrogens with zero attached hydrogens (tertiary/aromatic N) is 5. The van der Waals surface area contributed by atoms with Crippen molar-refractivity contribution in [3.8, 4) is 17.1 Å². The second-order valence-corrected chi connectivity index (χ2v) is 9.96. The van der Waals surface area contributed by atoms with Crippen molar-refractivity contribution < 1.29 is 18.4 Å². The number of allylic oxidation sites excluding steroid dienone is 2. The Bertz CT molecular complexity index is 1490. The van der Waals surface area contributed by atoms with E-state index in [0.717, 1.165) is 46.9 Å². The minimum atomic E-state index is -0.119. The fourth-order valence-corrected chi connectivity index (χ4v) is 4.90. The highest BCUT2D eigenvalue weighted by Crippen LogP contribution is 2.38. The lowest BCUT2D eigenvalue weighted by Crippen LogP contribution is -2.34. The van der Waals surface area contributed by atoms with Gasteiger partial charge in [0.2, 0.25) is 17.6 Å². The van der Waals surface area contributed by atoms with E-state index in [1.807, 2.05) is 30.0 Å². The molecule has 194 valence electrons. The highest BCUT2D eigenvalue weighted by molar-refractivity contribution is 5.91. The molecule has 1 N–H and O–H groups in total. The Labute approximate surface area is 219 Å². The number of hydrogen-bond acceptors (Lipinski definition) is 8. The summed E-state index contributed by atoms with van der Waals surface area (Å²) < 4.78 is 17.6. The molecule has 1 aromatic carbocycles. The van der Waals surface area contributed by atoms with Gasteiger partial charge < -0.3 is 18.5 Å². The molecule has 10 heteroatoms. The molecule has 0 saturated heterocycles. The van der Waals surface area contributed by atoms with E-state index in [1.165, 1.54) is 0 Å². The van der Waals surface area contributed by atoms with Crippen molar-refractivity contribution in [2.75, 3.05) is 6.54 Å². The summed E-state index contributed by atoms with van der Waals surface area (Å²) >= 11 is 0. The number of hydrogen-bond donors (Lipinski definition) is 1. The van der Waals surface area contributed by atoms with Crippen LogP contribution in [-0.2, 0) is 29.8 Å². The SMILES string of the molecule is Cc1oc(C2(C)CC=CC2)nc1COc1cc2c(cc1-c1nn[nH]n1)CCN(C(=O)/C=C/c1ccco1)C2. The Balaban J connectivity index is 1.24. The first-order valence-corrected chi connectivity index (χ1v) is 12.6. The maximum Gasteiger partial charge on any atom is 0.246 e. The van der Waals surface area contributed by atoms with Gasteiger partial charge in [0.05, 0.1) is 17.2 Å². The van der Waals surface area contributed by atoms with Crippen LogP contribution in [0.15, 0.2) is 57.6 Å². The summed E-state index contributed by atoms with van der Waals surface area (Å²) in [4.78, 5) is 19.4. The van der Waals surface area contributed by atoms with E-state index in [0.29, 0.717) is 36.8 Å². The number of aryl methyl sites for hydroxylation is 1. The second kappa shape index (κ2) is 9.77. The predicted molar refractivity (Wildman–Crippen MR) is 138 cm³/mol. The lowest BCUT2D eigenvalue weighted by molar-refractivity contribution is -0.126. The number of carbonyl (C=O) groups excluding carboxylic acids is 1. The summed E-state index contributed by atoms with van der Waals surface area (Å²) in [6, 6.07) is 7.60. The third-order valence-electron chi connectivity index (χ3n) is 7.22. The number of furan rings is 1. The van der Waals surface area contributed by atoms with Crippen LogP contribution in [0.25, 0.3) is 17.5 Å². The number of benzene rings is 1. The molecule has 1 amide bonds. The van der Waals surface area contributed by atoms with Gasteiger partial charge >= 0.3 is 0 Å². The van der Waals surface area contributed by atoms with Gasteiger partial charge in [-0.25, -0.2) is 4.98 Å². The normalized spacial score (nSPS) is 16.3. The molecule has 1 aliphatic heterocycles. The first-order chi connectivity index (χ1) is 18.5. The summed E-state index contributed by atoms with van der Waals surface area (Å²) in [6.45, 7) is 5.38. The third kappa shape index (κ3) is 4.65. The molecule has 38 heavy (non-hydrogen) atoms. The number of oxazole rings is 1. The molecule has 0 fully saturated rings. The van der Waals surface area contributed by atoms with Gasteiger partial charge in [0, 0.05) is 19.2 Å². The highest BCUT2D eigenvalue weighted by atomic mass is 16.5. The topological polar surface area (TPSA) is 123 Å². The molecule has 10 nitrogen and oxygen atoms in total. The standard InChI is InChI=1S/C28H28N6O4/c1-18-23(29-27(38-18)28(2)10-3-4-11-28)17-37-24-15-20-16-34(25(35)8-7-21-6-5-13-36-21)12-9-19(20)14-22(24)26-30-32-33-31-26/h3-8,13-15H,9-12,16-17H2,1-2H3,(H,30,31,32,33)/b8-7+. The first-order valence-electron chi connectivity index (χ1n) is 12.6. The number of carbonyl (C=O) groups is 1. The van der Waals surface area contributed by atoms with Gasteiger partial charge in [-0.05, 0) is 72.9 Å². The van der Waals surface area contributed by atoms with E-state index < -0.39 is 0 Å². The van der Waals surface area contributed by atoms with Crippen molar-refractivity contribution in [2.24, 2.45) is 0 Å².